The van der Waals surface area contributed by atoms with E-state index in [1.54, 1.807) is 11.3 Å². The Morgan fingerprint density at radius 2 is 2.39 bits per heavy atom. The van der Waals surface area contributed by atoms with Crippen LogP contribution in [0, 0.1) is 0 Å². The molecule has 3 heterocycles. The van der Waals surface area contributed by atoms with Crippen LogP contribution >= 0.6 is 11.3 Å². The number of rotatable bonds is 4. The van der Waals surface area contributed by atoms with Crippen LogP contribution in [0.15, 0.2) is 30.5 Å². The van der Waals surface area contributed by atoms with Gasteiger partial charge >= 0.3 is 0 Å². The van der Waals surface area contributed by atoms with E-state index in [9.17, 15) is 0 Å². The zero-order valence-electron chi connectivity index (χ0n) is 13.2. The number of H-pyrrole nitrogens is 1. The zero-order valence-corrected chi connectivity index (χ0v) is 14.0. The molecule has 1 aliphatic heterocycles. The summed E-state index contributed by atoms with van der Waals surface area (Å²) in [7, 11) is 1.94. The Morgan fingerprint density at radius 1 is 1.48 bits per heavy atom. The summed E-state index contributed by atoms with van der Waals surface area (Å²) in [4.78, 5) is 11.8. The number of nitrogens with two attached hydrogens (primary N) is 1. The molecule has 23 heavy (non-hydrogen) atoms. The highest BCUT2D eigenvalue weighted by Crippen LogP contribution is 2.31. The Balaban J connectivity index is 1.59. The number of benzene rings is 1. The molecule has 3 aromatic rings. The number of nitrogens with zero attached hydrogens (tertiary/aromatic N) is 2. The van der Waals surface area contributed by atoms with Gasteiger partial charge in [-0.3, -0.25) is 4.90 Å². The van der Waals surface area contributed by atoms with Gasteiger partial charge in [0.2, 0.25) is 0 Å². The highest BCUT2D eigenvalue weighted by atomic mass is 32.1. The van der Waals surface area contributed by atoms with Crippen LogP contribution in [0.2, 0.25) is 0 Å². The normalized spacial score (nSPS) is 18.8. The number of likely N-dealkylation sites (tertiary alicyclic amines) is 1. The summed E-state index contributed by atoms with van der Waals surface area (Å²) in [6.45, 7) is 3.03. The van der Waals surface area contributed by atoms with Crippen molar-refractivity contribution in [2.45, 2.75) is 19.0 Å². The van der Waals surface area contributed by atoms with E-state index in [2.05, 4.69) is 44.5 Å². The molecule has 5 nitrogen and oxygen atoms in total. The van der Waals surface area contributed by atoms with Crippen molar-refractivity contribution in [2.24, 2.45) is 5.73 Å². The molecule has 1 unspecified atom stereocenters. The molecule has 1 saturated heterocycles. The third-order valence-electron chi connectivity index (χ3n) is 4.40. The summed E-state index contributed by atoms with van der Waals surface area (Å²) in [5, 5.41) is 5.47. The minimum atomic E-state index is 0.330. The van der Waals surface area contributed by atoms with E-state index in [4.69, 9.17) is 5.73 Å². The lowest BCUT2D eigenvalue weighted by molar-refractivity contribution is 0.329. The Hall–Kier alpha value is -1.89. The number of aromatic amines is 1. The zero-order chi connectivity index (χ0) is 15.8. The molecule has 1 fully saturated rings. The molecule has 0 radical (unpaired) electrons. The lowest BCUT2D eigenvalue weighted by Gasteiger charge is -2.12. The van der Waals surface area contributed by atoms with Crippen LogP contribution in [0.4, 0.5) is 5.69 Å². The lowest BCUT2D eigenvalue weighted by atomic mass is 10.2. The summed E-state index contributed by atoms with van der Waals surface area (Å²) in [5.74, 6) is 0. The first kappa shape index (κ1) is 14.7. The largest absolute Gasteiger partial charge is 0.386 e. The van der Waals surface area contributed by atoms with E-state index in [1.165, 1.54) is 10.3 Å². The van der Waals surface area contributed by atoms with Crippen LogP contribution in [0.3, 0.4) is 0 Å². The smallest absolute Gasteiger partial charge is 0.139 e. The van der Waals surface area contributed by atoms with Gasteiger partial charge in [-0.05, 0) is 18.6 Å². The number of aromatic nitrogens is 2. The molecule has 1 atom stereocenters. The van der Waals surface area contributed by atoms with Gasteiger partial charge in [0.05, 0.1) is 16.9 Å². The average Bonchev–Trinajstić information content (AvgIpc) is 3.26. The van der Waals surface area contributed by atoms with Gasteiger partial charge < -0.3 is 16.0 Å². The SMILES string of the molecule is CNc1cccc2cc(-c3ncc(CN4CCC(N)C4)s3)[nH]c12. The summed E-state index contributed by atoms with van der Waals surface area (Å²) in [6, 6.07) is 8.76. The molecule has 0 saturated carbocycles. The molecule has 6 heteroatoms. The average molecular weight is 327 g/mol. The number of nitrogens with one attached hydrogen (secondary N) is 2. The van der Waals surface area contributed by atoms with E-state index in [0.717, 1.165) is 48.0 Å². The van der Waals surface area contributed by atoms with Gasteiger partial charge in [0.15, 0.2) is 0 Å². The van der Waals surface area contributed by atoms with Crippen molar-refractivity contribution in [1.82, 2.24) is 14.9 Å². The molecule has 0 bridgehead atoms. The van der Waals surface area contributed by atoms with Crippen molar-refractivity contribution < 1.29 is 0 Å². The first-order valence-corrected chi connectivity index (χ1v) is 8.77. The van der Waals surface area contributed by atoms with Gasteiger partial charge in [0.25, 0.3) is 0 Å². The molecule has 120 valence electrons. The molecule has 4 N–H and O–H groups in total. The van der Waals surface area contributed by atoms with E-state index in [0.29, 0.717) is 6.04 Å². The topological polar surface area (TPSA) is 70.0 Å². The molecule has 1 aromatic carbocycles. The summed E-state index contributed by atoms with van der Waals surface area (Å²) in [6.07, 6.45) is 3.09. The second kappa shape index (κ2) is 5.96. The van der Waals surface area contributed by atoms with Crippen molar-refractivity contribution in [3.8, 4) is 10.7 Å². The monoisotopic (exact) mass is 327 g/mol. The number of fused-ring (bicyclic) bond motifs is 1. The maximum atomic E-state index is 5.98. The molecule has 2 aromatic heterocycles. The minimum Gasteiger partial charge on any atom is -0.386 e. The van der Waals surface area contributed by atoms with Crippen LogP contribution in [0.1, 0.15) is 11.3 Å². The number of para-hydroxylation sites is 1. The van der Waals surface area contributed by atoms with Crippen LogP contribution in [0.25, 0.3) is 21.6 Å². The number of hydrogen-bond acceptors (Lipinski definition) is 5. The summed E-state index contributed by atoms with van der Waals surface area (Å²) >= 11 is 1.76. The van der Waals surface area contributed by atoms with Gasteiger partial charge in [0.1, 0.15) is 5.01 Å². The van der Waals surface area contributed by atoms with Crippen molar-refractivity contribution >= 4 is 27.9 Å². The predicted octanol–water partition coefficient (Wildman–Crippen LogP) is 2.87. The van der Waals surface area contributed by atoms with Gasteiger partial charge in [-0.2, -0.15) is 0 Å². The molecule has 0 aliphatic carbocycles. The summed E-state index contributed by atoms with van der Waals surface area (Å²) in [5.41, 5.74) is 9.30. The van der Waals surface area contributed by atoms with Gasteiger partial charge in [-0.15, -0.1) is 11.3 Å². The molecular weight excluding hydrogens is 306 g/mol. The quantitative estimate of drug-likeness (QED) is 0.689. The van der Waals surface area contributed by atoms with E-state index >= 15 is 0 Å². The maximum Gasteiger partial charge on any atom is 0.139 e. The van der Waals surface area contributed by atoms with Crippen molar-refractivity contribution in [1.29, 1.82) is 0 Å². The van der Waals surface area contributed by atoms with Crippen LogP contribution in [0.5, 0.6) is 0 Å². The number of anilines is 1. The fourth-order valence-corrected chi connectivity index (χ4v) is 4.14. The summed E-state index contributed by atoms with van der Waals surface area (Å²) < 4.78 is 0. The van der Waals surface area contributed by atoms with Crippen LogP contribution in [-0.4, -0.2) is 41.0 Å². The molecule has 0 amide bonds. The van der Waals surface area contributed by atoms with Crippen molar-refractivity contribution in [3.05, 3.63) is 35.3 Å². The van der Waals surface area contributed by atoms with Crippen LogP contribution in [-0.2, 0) is 6.54 Å². The van der Waals surface area contributed by atoms with E-state index < -0.39 is 0 Å². The Labute approximate surface area is 139 Å². The van der Waals surface area contributed by atoms with Gasteiger partial charge in [0, 0.05) is 49.2 Å². The lowest BCUT2D eigenvalue weighted by Crippen LogP contribution is -2.25. The second-order valence-corrected chi connectivity index (χ2v) is 7.23. The van der Waals surface area contributed by atoms with Gasteiger partial charge in [-0.25, -0.2) is 4.98 Å². The highest BCUT2D eigenvalue weighted by molar-refractivity contribution is 7.15. The van der Waals surface area contributed by atoms with Crippen molar-refractivity contribution in [2.75, 3.05) is 25.5 Å². The molecule has 4 rings (SSSR count). The molecular formula is C17H21N5S. The predicted molar refractivity (Wildman–Crippen MR) is 96.8 cm³/mol. The maximum absolute atomic E-state index is 5.98. The third kappa shape index (κ3) is 2.85. The van der Waals surface area contributed by atoms with E-state index in [-0.39, 0.29) is 0 Å². The first-order valence-electron chi connectivity index (χ1n) is 7.95. The van der Waals surface area contributed by atoms with E-state index in [1.807, 2.05) is 13.2 Å². The second-order valence-electron chi connectivity index (χ2n) is 6.12. The Bertz CT molecular complexity index is 821. The minimum absolute atomic E-state index is 0.330. The third-order valence-corrected chi connectivity index (χ3v) is 5.41. The van der Waals surface area contributed by atoms with Crippen LogP contribution < -0.4 is 11.1 Å². The fraction of sp³-hybridized carbons (Fsp3) is 0.353. The Morgan fingerprint density at radius 3 is 3.17 bits per heavy atom. The standard InChI is InChI=1S/C17H21N5S/c1-19-14-4-2-3-11-7-15(21-16(11)14)17-20-8-13(23-17)10-22-6-5-12(18)9-22/h2-4,7-8,12,19,21H,5-6,9-10,18H2,1H3. The highest BCUT2D eigenvalue weighted by Gasteiger charge is 2.20. The fourth-order valence-electron chi connectivity index (χ4n) is 3.21. The number of thiazole rings is 1. The van der Waals surface area contributed by atoms with Gasteiger partial charge in [-0.1, -0.05) is 12.1 Å². The Kier molecular flexibility index (Phi) is 3.80. The molecule has 1 aliphatic rings. The molecule has 0 spiro atoms. The first-order chi connectivity index (χ1) is 11.2. The number of hydrogen-bond donors (Lipinski definition) is 3. The van der Waals surface area contributed by atoms with Crippen molar-refractivity contribution in [3.63, 3.8) is 0 Å².